The van der Waals surface area contributed by atoms with Crippen LogP contribution >= 0.6 is 0 Å². The minimum Gasteiger partial charge on any atom is -0.385 e. The summed E-state index contributed by atoms with van der Waals surface area (Å²) in [4.78, 5) is 0. The molecule has 3 nitrogen and oxygen atoms in total. The first kappa shape index (κ1) is 15.4. The minimum absolute atomic E-state index is 0.374. The maximum atomic E-state index is 9.61. The van der Waals surface area contributed by atoms with Crippen molar-refractivity contribution < 1.29 is 15.6 Å². The fraction of sp³-hybridized carbons (Fsp3) is 1.00. The van der Waals surface area contributed by atoms with E-state index in [1.807, 2.05) is 0 Å². The highest BCUT2D eigenvalue weighted by Crippen LogP contribution is 2.64. The lowest BCUT2D eigenvalue weighted by Crippen LogP contribution is -2.56. The predicted molar refractivity (Wildman–Crippen MR) is 86.1 cm³/mol. The molecule has 1 atom stereocenters. The molecule has 0 aromatic carbocycles. The fourth-order valence-electron chi connectivity index (χ4n) is 6.85. The van der Waals surface area contributed by atoms with E-state index in [0.29, 0.717) is 19.3 Å². The molecule has 4 N–H and O–H groups in total. The van der Waals surface area contributed by atoms with Crippen molar-refractivity contribution >= 4 is 0 Å². The highest BCUT2D eigenvalue weighted by atomic mass is 16.5. The summed E-state index contributed by atoms with van der Waals surface area (Å²) in [5.74, 6) is 4.20. The van der Waals surface area contributed by atoms with Crippen molar-refractivity contribution in [1.82, 2.24) is 0 Å². The van der Waals surface area contributed by atoms with E-state index in [0.717, 1.165) is 29.1 Å². The van der Waals surface area contributed by atoms with Gasteiger partial charge in [0, 0.05) is 0 Å². The average molecular weight is 308 g/mol. The molecule has 0 aromatic heterocycles. The third-order valence-electron chi connectivity index (χ3n) is 7.48. The Kier molecular flexibility index (Phi) is 4.25. The molecule has 5 fully saturated rings. The first-order valence-corrected chi connectivity index (χ1v) is 9.76. The summed E-state index contributed by atoms with van der Waals surface area (Å²) in [7, 11) is 0. The van der Waals surface area contributed by atoms with Crippen LogP contribution in [0.15, 0.2) is 0 Å². The quantitative estimate of drug-likeness (QED) is 0.819. The van der Waals surface area contributed by atoms with Crippen molar-refractivity contribution in [2.24, 2.45) is 29.1 Å². The Morgan fingerprint density at radius 1 is 0.955 bits per heavy atom. The molecule has 3 heteroatoms. The van der Waals surface area contributed by atoms with E-state index in [1.165, 1.54) is 25.7 Å². The van der Waals surface area contributed by atoms with Gasteiger partial charge in [-0.2, -0.15) is 0 Å². The van der Waals surface area contributed by atoms with Gasteiger partial charge in [-0.15, -0.1) is 0 Å². The molecule has 5 aliphatic carbocycles. The molecule has 0 spiro atoms. The van der Waals surface area contributed by atoms with Gasteiger partial charge in [0.25, 0.3) is 0 Å². The minimum atomic E-state index is -0.374. The van der Waals surface area contributed by atoms with E-state index in [9.17, 15) is 5.11 Å². The van der Waals surface area contributed by atoms with E-state index in [-0.39, 0.29) is 6.10 Å². The lowest BCUT2D eigenvalue weighted by molar-refractivity contribution is -0.386. The summed E-state index contributed by atoms with van der Waals surface area (Å²) in [6, 6.07) is 0. The number of ether oxygens (including phenoxy) is 1. The zero-order valence-corrected chi connectivity index (χ0v) is 14.0. The van der Waals surface area contributed by atoms with Crippen molar-refractivity contribution in [2.45, 2.75) is 76.4 Å². The molecule has 126 valence electrons. The molecular weight excluding hydrogens is 274 g/mol. The summed E-state index contributed by atoms with van der Waals surface area (Å²) < 4.78 is 5.91. The van der Waals surface area contributed by atoms with Gasteiger partial charge in [0.1, 0.15) is 12.6 Å². The van der Waals surface area contributed by atoms with Crippen LogP contribution in [0.4, 0.5) is 0 Å². The Labute approximate surface area is 135 Å². The molecule has 5 aliphatic rings. The molecule has 1 unspecified atom stereocenters. The van der Waals surface area contributed by atoms with Crippen LogP contribution in [0.2, 0.25) is 0 Å². The number of hydrogen-bond acceptors (Lipinski definition) is 2. The van der Waals surface area contributed by atoms with Gasteiger partial charge in [-0.05, 0) is 93.3 Å². The average Bonchev–Trinajstić information content (AvgIpc) is 2.51. The Morgan fingerprint density at radius 3 is 2.00 bits per heavy atom. The lowest BCUT2D eigenvalue weighted by Gasteiger charge is -2.60. The second kappa shape index (κ2) is 6.07. The van der Waals surface area contributed by atoms with Gasteiger partial charge in [0.05, 0.1) is 12.7 Å². The third-order valence-corrected chi connectivity index (χ3v) is 7.48. The largest absolute Gasteiger partial charge is 0.385 e. The van der Waals surface area contributed by atoms with Crippen LogP contribution in [0.25, 0.3) is 0 Å². The zero-order valence-electron chi connectivity index (χ0n) is 14.0. The van der Waals surface area contributed by atoms with Crippen LogP contribution in [0.1, 0.15) is 64.2 Å². The van der Waals surface area contributed by atoms with Gasteiger partial charge in [0.2, 0.25) is 0 Å². The smallest absolute Gasteiger partial charge is 0.126 e. The van der Waals surface area contributed by atoms with Crippen LogP contribution in [0, 0.1) is 29.1 Å². The molecule has 0 aromatic rings. The summed E-state index contributed by atoms with van der Waals surface area (Å²) in [6.45, 7) is 1.04. The van der Waals surface area contributed by atoms with Gasteiger partial charge in [-0.25, -0.2) is 0 Å². The second-order valence-corrected chi connectivity index (χ2v) is 9.03. The van der Waals surface area contributed by atoms with E-state index >= 15 is 0 Å². The molecule has 0 radical (unpaired) electrons. The topological polar surface area (TPSA) is 57.1 Å². The first-order chi connectivity index (χ1) is 10.7. The highest BCUT2D eigenvalue weighted by Gasteiger charge is 2.54. The van der Waals surface area contributed by atoms with Crippen molar-refractivity contribution in [3.05, 3.63) is 0 Å². The Bertz CT molecular complexity index is 354. The van der Waals surface area contributed by atoms with Crippen LogP contribution in [0.5, 0.6) is 0 Å². The second-order valence-electron chi connectivity index (χ2n) is 9.03. The molecule has 0 heterocycles. The summed E-state index contributed by atoms with van der Waals surface area (Å²) in [5.41, 5.74) is 4.47. The van der Waals surface area contributed by atoms with Gasteiger partial charge >= 0.3 is 0 Å². The normalized spacial score (nSPS) is 48.5. The number of aliphatic hydroxyl groups is 1. The number of rotatable bonds is 5. The first-order valence-electron chi connectivity index (χ1n) is 9.76. The van der Waals surface area contributed by atoms with Crippen LogP contribution in [0.3, 0.4) is 0 Å². The van der Waals surface area contributed by atoms with Gasteiger partial charge in [-0.3, -0.25) is 0 Å². The summed E-state index contributed by atoms with van der Waals surface area (Å²) in [5, 5.41) is 9.61. The van der Waals surface area contributed by atoms with Crippen LogP contribution < -0.4 is 5.73 Å². The number of quaternary nitrogens is 1. The highest BCUT2D eigenvalue weighted by molar-refractivity contribution is 5.04. The van der Waals surface area contributed by atoms with Crippen molar-refractivity contribution in [1.29, 1.82) is 0 Å². The Balaban J connectivity index is 1.32. The van der Waals surface area contributed by atoms with Crippen molar-refractivity contribution in [2.75, 3.05) is 13.2 Å². The zero-order chi connectivity index (χ0) is 15.2. The molecule has 22 heavy (non-hydrogen) atoms. The molecule has 5 saturated carbocycles. The Hall–Kier alpha value is -0.120. The standard InChI is InChI=1S/C19H33NO2/c20-11-17(21)12-22-18-3-1-16(2-4-18)19-8-13-5-14(9-19)7-15(6-13)10-19/h13-18,21H,1-12,20H2/p+1. The van der Waals surface area contributed by atoms with Crippen molar-refractivity contribution in [3.8, 4) is 0 Å². The van der Waals surface area contributed by atoms with Gasteiger partial charge < -0.3 is 15.6 Å². The molecule has 4 bridgehead atoms. The molecule has 5 rings (SSSR count). The molecule has 0 saturated heterocycles. The molecular formula is C19H34NO2+. The summed E-state index contributed by atoms with van der Waals surface area (Å²) >= 11 is 0. The van der Waals surface area contributed by atoms with Crippen LogP contribution in [-0.2, 0) is 4.74 Å². The fourth-order valence-corrected chi connectivity index (χ4v) is 6.85. The number of aliphatic hydroxyl groups excluding tert-OH is 1. The van der Waals surface area contributed by atoms with Gasteiger partial charge in [-0.1, -0.05) is 0 Å². The van der Waals surface area contributed by atoms with Crippen molar-refractivity contribution in [3.63, 3.8) is 0 Å². The van der Waals surface area contributed by atoms with E-state index in [4.69, 9.17) is 4.74 Å². The van der Waals surface area contributed by atoms with E-state index in [1.54, 1.807) is 38.5 Å². The summed E-state index contributed by atoms with van der Waals surface area (Å²) in [6.07, 6.45) is 14.5. The maximum Gasteiger partial charge on any atom is 0.126 e. The molecule has 0 amide bonds. The van der Waals surface area contributed by atoms with Gasteiger partial charge in [0.15, 0.2) is 0 Å². The predicted octanol–water partition coefficient (Wildman–Crippen LogP) is 2.38. The molecule has 0 aliphatic heterocycles. The third kappa shape index (κ3) is 2.85. The van der Waals surface area contributed by atoms with Crippen LogP contribution in [-0.4, -0.2) is 30.5 Å². The monoisotopic (exact) mass is 308 g/mol. The SMILES string of the molecule is [NH3+]CC(O)COC1CCC(C23CC4CC(CC(C4)C2)C3)CC1. The van der Waals surface area contributed by atoms with E-state index in [2.05, 4.69) is 5.73 Å². The lowest BCUT2D eigenvalue weighted by atomic mass is 9.45. The Morgan fingerprint density at radius 2 is 1.50 bits per heavy atom. The maximum absolute atomic E-state index is 9.61. The van der Waals surface area contributed by atoms with E-state index < -0.39 is 0 Å². The number of hydrogen-bond donors (Lipinski definition) is 2.